The third kappa shape index (κ3) is 3.42. The minimum atomic E-state index is 0.898. The average molecular weight is 332 g/mol. The van der Waals surface area contributed by atoms with Crippen LogP contribution in [0.15, 0.2) is 54.6 Å². The smallest absolute Gasteiger partial charge is 0.151 e. The molecule has 0 aliphatic carbocycles. The maximum Gasteiger partial charge on any atom is 0.151 e. The molecule has 0 radical (unpaired) electrons. The molecule has 0 amide bonds. The highest BCUT2D eigenvalue weighted by Gasteiger charge is 2.19. The van der Waals surface area contributed by atoms with Gasteiger partial charge in [0.05, 0.1) is 11.4 Å². The molecule has 3 aromatic rings. The molecule has 0 atom stereocenters. The summed E-state index contributed by atoms with van der Waals surface area (Å²) >= 11 is 0. The third-order valence-electron chi connectivity index (χ3n) is 4.43. The second-order valence-corrected chi connectivity index (χ2v) is 6.15. The van der Waals surface area contributed by atoms with E-state index in [1.807, 2.05) is 55.5 Å². The quantitative estimate of drug-likeness (QED) is 0.735. The van der Waals surface area contributed by atoms with Gasteiger partial charge in [-0.1, -0.05) is 30.3 Å². The summed E-state index contributed by atoms with van der Waals surface area (Å²) in [7, 11) is 0. The number of benzene rings is 1. The second-order valence-electron chi connectivity index (χ2n) is 6.15. The predicted octanol–water partition coefficient (Wildman–Crippen LogP) is 2.57. The molecule has 1 aliphatic rings. The van der Waals surface area contributed by atoms with Gasteiger partial charge in [-0.15, -0.1) is 15.3 Å². The number of nitrogens with zero attached hydrogens (tertiary/aromatic N) is 6. The number of hydrogen-bond acceptors (Lipinski definition) is 6. The van der Waals surface area contributed by atoms with Crippen molar-refractivity contribution >= 4 is 11.6 Å². The molecule has 1 aliphatic heterocycles. The van der Waals surface area contributed by atoms with Gasteiger partial charge in [-0.05, 0) is 31.2 Å². The SMILES string of the molecule is Cc1ccc(N2CCN(c3ccc(-c4ccccc4)nn3)CC2)nn1. The molecule has 1 aromatic carbocycles. The summed E-state index contributed by atoms with van der Waals surface area (Å²) in [5.74, 6) is 1.87. The monoisotopic (exact) mass is 332 g/mol. The van der Waals surface area contributed by atoms with E-state index in [9.17, 15) is 0 Å². The van der Waals surface area contributed by atoms with E-state index >= 15 is 0 Å². The number of rotatable bonds is 3. The Balaban J connectivity index is 1.41. The Morgan fingerprint density at radius 2 is 1.24 bits per heavy atom. The number of aryl methyl sites for hydroxylation is 1. The first-order valence-electron chi connectivity index (χ1n) is 8.49. The van der Waals surface area contributed by atoms with Crippen LogP contribution in [0, 0.1) is 6.92 Å². The third-order valence-corrected chi connectivity index (χ3v) is 4.43. The topological polar surface area (TPSA) is 58.0 Å². The van der Waals surface area contributed by atoms with Gasteiger partial charge in [0.15, 0.2) is 11.6 Å². The molecule has 0 saturated carbocycles. The first kappa shape index (κ1) is 15.5. The van der Waals surface area contributed by atoms with Crippen LogP contribution in [0.5, 0.6) is 0 Å². The Morgan fingerprint density at radius 3 is 1.76 bits per heavy atom. The molecule has 0 spiro atoms. The zero-order valence-electron chi connectivity index (χ0n) is 14.2. The van der Waals surface area contributed by atoms with Gasteiger partial charge >= 0.3 is 0 Å². The first-order chi connectivity index (χ1) is 12.3. The minimum Gasteiger partial charge on any atom is -0.352 e. The van der Waals surface area contributed by atoms with Crippen molar-refractivity contribution in [1.29, 1.82) is 0 Å². The Hall–Kier alpha value is -3.02. The normalized spacial score (nSPS) is 14.6. The minimum absolute atomic E-state index is 0.898. The Bertz CT molecular complexity index is 809. The maximum absolute atomic E-state index is 4.42. The van der Waals surface area contributed by atoms with Gasteiger partial charge in [0.2, 0.25) is 0 Å². The van der Waals surface area contributed by atoms with Crippen molar-refractivity contribution in [3.8, 4) is 11.3 Å². The molecule has 3 heterocycles. The zero-order chi connectivity index (χ0) is 17.1. The number of hydrogen-bond donors (Lipinski definition) is 0. The van der Waals surface area contributed by atoms with Crippen molar-refractivity contribution in [2.45, 2.75) is 6.92 Å². The summed E-state index contributed by atoms with van der Waals surface area (Å²) in [5.41, 5.74) is 2.93. The second kappa shape index (κ2) is 6.84. The van der Waals surface area contributed by atoms with Crippen molar-refractivity contribution in [2.75, 3.05) is 36.0 Å². The lowest BCUT2D eigenvalue weighted by Crippen LogP contribution is -2.47. The predicted molar refractivity (Wildman–Crippen MR) is 98.7 cm³/mol. The van der Waals surface area contributed by atoms with Gasteiger partial charge in [-0.2, -0.15) is 5.10 Å². The molecule has 4 rings (SSSR count). The van der Waals surface area contributed by atoms with E-state index in [0.29, 0.717) is 0 Å². The molecule has 6 heteroatoms. The summed E-state index contributed by atoms with van der Waals surface area (Å²) in [5, 5.41) is 17.2. The number of aromatic nitrogens is 4. The van der Waals surface area contributed by atoms with Gasteiger partial charge in [-0.25, -0.2) is 0 Å². The van der Waals surface area contributed by atoms with Gasteiger partial charge < -0.3 is 9.80 Å². The van der Waals surface area contributed by atoms with E-state index in [1.165, 1.54) is 0 Å². The van der Waals surface area contributed by atoms with Crippen LogP contribution in [0.4, 0.5) is 11.6 Å². The molecule has 6 nitrogen and oxygen atoms in total. The average Bonchev–Trinajstić information content (AvgIpc) is 2.70. The van der Waals surface area contributed by atoms with Gasteiger partial charge in [0.25, 0.3) is 0 Å². The molecule has 0 N–H and O–H groups in total. The van der Waals surface area contributed by atoms with Crippen LogP contribution < -0.4 is 9.80 Å². The molecule has 1 fully saturated rings. The van der Waals surface area contributed by atoms with Crippen molar-refractivity contribution in [2.24, 2.45) is 0 Å². The molecule has 1 saturated heterocycles. The standard InChI is InChI=1S/C19H20N6/c1-15-7-9-18(22-20-15)24-11-13-25(14-12-24)19-10-8-17(21-23-19)16-5-3-2-4-6-16/h2-10H,11-14H2,1H3. The van der Waals surface area contributed by atoms with Crippen LogP contribution in [0.1, 0.15) is 5.69 Å². The van der Waals surface area contributed by atoms with E-state index in [2.05, 4.69) is 36.3 Å². The zero-order valence-corrected chi connectivity index (χ0v) is 14.2. The highest BCUT2D eigenvalue weighted by atomic mass is 15.3. The molecule has 126 valence electrons. The summed E-state index contributed by atoms with van der Waals surface area (Å²) in [6, 6.07) is 18.2. The fraction of sp³-hybridized carbons (Fsp3) is 0.263. The highest BCUT2D eigenvalue weighted by molar-refractivity contribution is 5.59. The van der Waals surface area contributed by atoms with Crippen molar-refractivity contribution < 1.29 is 0 Å². The molecule has 0 bridgehead atoms. The largest absolute Gasteiger partial charge is 0.352 e. The first-order valence-corrected chi connectivity index (χ1v) is 8.49. The summed E-state index contributed by atoms with van der Waals surface area (Å²) < 4.78 is 0. The lowest BCUT2D eigenvalue weighted by molar-refractivity contribution is 0.634. The van der Waals surface area contributed by atoms with Crippen molar-refractivity contribution in [3.05, 3.63) is 60.3 Å². The van der Waals surface area contributed by atoms with Gasteiger partial charge in [0.1, 0.15) is 0 Å². The van der Waals surface area contributed by atoms with E-state index in [-0.39, 0.29) is 0 Å². The Labute approximate surface area is 147 Å². The fourth-order valence-corrected chi connectivity index (χ4v) is 2.98. The van der Waals surface area contributed by atoms with Crippen molar-refractivity contribution in [3.63, 3.8) is 0 Å². The summed E-state index contributed by atoms with van der Waals surface area (Å²) in [4.78, 5) is 4.52. The van der Waals surface area contributed by atoms with Crippen LogP contribution in [-0.2, 0) is 0 Å². The van der Waals surface area contributed by atoms with Crippen molar-refractivity contribution in [1.82, 2.24) is 20.4 Å². The highest BCUT2D eigenvalue weighted by Crippen LogP contribution is 2.20. The van der Waals surface area contributed by atoms with E-state index in [4.69, 9.17) is 0 Å². The fourth-order valence-electron chi connectivity index (χ4n) is 2.98. The molecular weight excluding hydrogens is 312 g/mol. The molecular formula is C19H20N6. The van der Waals surface area contributed by atoms with E-state index in [0.717, 1.165) is 54.8 Å². The lowest BCUT2D eigenvalue weighted by atomic mass is 10.1. The molecule has 2 aromatic heterocycles. The van der Waals surface area contributed by atoms with Crippen LogP contribution in [0.3, 0.4) is 0 Å². The molecule has 0 unspecified atom stereocenters. The van der Waals surface area contributed by atoms with Crippen LogP contribution in [0.2, 0.25) is 0 Å². The van der Waals surface area contributed by atoms with Crippen LogP contribution >= 0.6 is 0 Å². The van der Waals surface area contributed by atoms with Crippen LogP contribution in [-0.4, -0.2) is 46.6 Å². The lowest BCUT2D eigenvalue weighted by Gasteiger charge is -2.35. The van der Waals surface area contributed by atoms with Crippen LogP contribution in [0.25, 0.3) is 11.3 Å². The maximum atomic E-state index is 4.42. The van der Waals surface area contributed by atoms with E-state index < -0.39 is 0 Å². The summed E-state index contributed by atoms with van der Waals surface area (Å²) in [6.07, 6.45) is 0. The number of piperazine rings is 1. The Kier molecular flexibility index (Phi) is 4.24. The van der Waals surface area contributed by atoms with Gasteiger partial charge in [0, 0.05) is 31.7 Å². The number of anilines is 2. The van der Waals surface area contributed by atoms with E-state index in [1.54, 1.807) is 0 Å². The Morgan fingerprint density at radius 1 is 0.640 bits per heavy atom. The van der Waals surface area contributed by atoms with Gasteiger partial charge in [-0.3, -0.25) is 0 Å². The summed E-state index contributed by atoms with van der Waals surface area (Å²) in [6.45, 7) is 5.55. The molecule has 25 heavy (non-hydrogen) atoms.